The number of hydrogen-bond acceptors (Lipinski definition) is 7. The molecular weight excluding hydrogens is 510 g/mol. The maximum atomic E-state index is 11.8. The fourth-order valence-electron chi connectivity index (χ4n) is 5.18. The van der Waals surface area contributed by atoms with Crippen molar-refractivity contribution in [2.75, 3.05) is 6.61 Å². The summed E-state index contributed by atoms with van der Waals surface area (Å²) in [5, 5.41) is 23.8. The van der Waals surface area contributed by atoms with E-state index in [2.05, 4.69) is 27.2 Å². The number of ether oxygens (including phenoxy) is 1. The zero-order valence-corrected chi connectivity index (χ0v) is 22.3. The summed E-state index contributed by atoms with van der Waals surface area (Å²) in [5.74, 6) is -1.09. The summed E-state index contributed by atoms with van der Waals surface area (Å²) >= 11 is 0. The van der Waals surface area contributed by atoms with Gasteiger partial charge in [0, 0.05) is 35.8 Å². The number of benzene rings is 1. The molecule has 5 rings (SSSR count). The second kappa shape index (κ2) is 12.7. The summed E-state index contributed by atoms with van der Waals surface area (Å²) < 4.78 is 7.70. The third-order valence-electron chi connectivity index (χ3n) is 7.21. The Morgan fingerprint density at radius 2 is 1.80 bits per heavy atom. The standard InChI is InChI=1S/C30H33N5O5/c36-29(37)8-4-2-6-23-18-31-19-26(34-23)28(16-30(38)39)35-27-12-11-24(15-21(27)17-32-35)40-14-13-22-10-9-20-5-1-3-7-25(20)33-22/h9-12,15,17-19,28H,1-8,13-14,16H2,(H,36,37)(H,38,39). The zero-order valence-electron chi connectivity index (χ0n) is 22.3. The monoisotopic (exact) mass is 543 g/mol. The average molecular weight is 544 g/mol. The van der Waals surface area contributed by atoms with E-state index in [1.165, 1.54) is 24.1 Å². The van der Waals surface area contributed by atoms with Crippen LogP contribution >= 0.6 is 0 Å². The number of rotatable bonds is 13. The minimum Gasteiger partial charge on any atom is -0.493 e. The SMILES string of the molecule is O=C(O)CCCCc1cncc(C(CC(=O)O)n2ncc3cc(OCCc4ccc5c(n4)CCCC5)ccc32)n1. The number of carboxylic acids is 2. The van der Waals surface area contributed by atoms with Gasteiger partial charge in [0.25, 0.3) is 0 Å². The number of fused-ring (bicyclic) bond motifs is 2. The van der Waals surface area contributed by atoms with E-state index in [0.717, 1.165) is 35.9 Å². The average Bonchev–Trinajstić information content (AvgIpc) is 3.37. The molecule has 3 heterocycles. The zero-order chi connectivity index (χ0) is 27.9. The predicted molar refractivity (Wildman–Crippen MR) is 147 cm³/mol. The van der Waals surface area contributed by atoms with Gasteiger partial charge >= 0.3 is 11.9 Å². The Bertz CT molecular complexity index is 1500. The van der Waals surface area contributed by atoms with Gasteiger partial charge in [-0.3, -0.25) is 29.2 Å². The van der Waals surface area contributed by atoms with Crippen molar-refractivity contribution in [2.45, 2.75) is 70.3 Å². The quantitative estimate of drug-likeness (QED) is 0.232. The summed E-state index contributed by atoms with van der Waals surface area (Å²) in [6.07, 6.45) is 11.9. The number of aromatic nitrogens is 5. The molecule has 40 heavy (non-hydrogen) atoms. The maximum Gasteiger partial charge on any atom is 0.305 e. The van der Waals surface area contributed by atoms with E-state index in [9.17, 15) is 14.7 Å². The molecule has 2 N–H and O–H groups in total. The molecular formula is C30H33N5O5. The molecule has 0 radical (unpaired) electrons. The molecule has 3 aromatic heterocycles. The molecule has 0 fully saturated rings. The number of carboxylic acid groups (broad SMARTS) is 2. The highest BCUT2D eigenvalue weighted by molar-refractivity contribution is 5.81. The van der Waals surface area contributed by atoms with Gasteiger partial charge in [-0.2, -0.15) is 5.10 Å². The molecule has 1 aliphatic carbocycles. The molecule has 0 spiro atoms. The highest BCUT2D eigenvalue weighted by Crippen LogP contribution is 2.28. The Balaban J connectivity index is 1.27. The van der Waals surface area contributed by atoms with Crippen LogP contribution in [-0.2, 0) is 35.3 Å². The van der Waals surface area contributed by atoms with Crippen LogP contribution in [0.3, 0.4) is 0 Å². The molecule has 1 atom stereocenters. The van der Waals surface area contributed by atoms with Gasteiger partial charge in [0.05, 0.1) is 42.3 Å². The normalized spacial score (nSPS) is 13.6. The van der Waals surface area contributed by atoms with Crippen molar-refractivity contribution >= 4 is 22.8 Å². The lowest BCUT2D eigenvalue weighted by Gasteiger charge is -2.17. The minimum absolute atomic E-state index is 0.102. The first-order valence-electron chi connectivity index (χ1n) is 13.8. The molecule has 1 aliphatic rings. The molecule has 4 aromatic rings. The Kier molecular flexibility index (Phi) is 8.63. The number of unbranched alkanes of at least 4 members (excludes halogenated alkanes) is 1. The van der Waals surface area contributed by atoms with Crippen molar-refractivity contribution in [3.63, 3.8) is 0 Å². The van der Waals surface area contributed by atoms with Gasteiger partial charge in [0.1, 0.15) is 11.8 Å². The second-order valence-electron chi connectivity index (χ2n) is 10.2. The van der Waals surface area contributed by atoms with E-state index in [1.807, 2.05) is 18.2 Å². The van der Waals surface area contributed by atoms with E-state index in [4.69, 9.17) is 14.8 Å². The summed E-state index contributed by atoms with van der Waals surface area (Å²) in [7, 11) is 0. The van der Waals surface area contributed by atoms with Crippen molar-refractivity contribution in [2.24, 2.45) is 0 Å². The van der Waals surface area contributed by atoms with Crippen molar-refractivity contribution in [1.82, 2.24) is 24.7 Å². The summed E-state index contributed by atoms with van der Waals surface area (Å²) in [5.41, 5.74) is 5.59. The van der Waals surface area contributed by atoms with Crippen LogP contribution in [0.2, 0.25) is 0 Å². The maximum absolute atomic E-state index is 11.8. The lowest BCUT2D eigenvalue weighted by molar-refractivity contribution is -0.138. The highest BCUT2D eigenvalue weighted by atomic mass is 16.5. The Morgan fingerprint density at radius 3 is 2.65 bits per heavy atom. The summed E-state index contributed by atoms with van der Waals surface area (Å²) in [6, 6.07) is 9.29. The van der Waals surface area contributed by atoms with Gasteiger partial charge in [0.15, 0.2) is 0 Å². The van der Waals surface area contributed by atoms with Gasteiger partial charge in [-0.05, 0) is 74.8 Å². The van der Waals surface area contributed by atoms with Crippen LogP contribution in [0.25, 0.3) is 10.9 Å². The van der Waals surface area contributed by atoms with Crippen molar-refractivity contribution < 1.29 is 24.5 Å². The molecule has 0 saturated heterocycles. The molecule has 208 valence electrons. The van der Waals surface area contributed by atoms with Crippen LogP contribution in [0.4, 0.5) is 0 Å². The van der Waals surface area contributed by atoms with Crippen LogP contribution in [0.15, 0.2) is 48.9 Å². The topological polar surface area (TPSA) is 140 Å². The third-order valence-corrected chi connectivity index (χ3v) is 7.21. The number of pyridine rings is 1. The lowest BCUT2D eigenvalue weighted by Crippen LogP contribution is -2.18. The largest absolute Gasteiger partial charge is 0.493 e. The minimum atomic E-state index is -0.974. The Labute approximate surface area is 232 Å². The summed E-state index contributed by atoms with van der Waals surface area (Å²) in [6.45, 7) is 0.502. The number of hydrogen-bond donors (Lipinski definition) is 2. The van der Waals surface area contributed by atoms with Crippen molar-refractivity contribution in [3.8, 4) is 5.75 Å². The Morgan fingerprint density at radius 1 is 0.925 bits per heavy atom. The summed E-state index contributed by atoms with van der Waals surface area (Å²) in [4.78, 5) is 36.3. The van der Waals surface area contributed by atoms with Crippen LogP contribution in [0.1, 0.15) is 72.9 Å². The molecule has 0 saturated carbocycles. The number of aliphatic carboxylic acids is 2. The Hall–Kier alpha value is -4.34. The van der Waals surface area contributed by atoms with Crippen LogP contribution in [-0.4, -0.2) is 53.5 Å². The van der Waals surface area contributed by atoms with E-state index in [0.29, 0.717) is 43.0 Å². The lowest BCUT2D eigenvalue weighted by atomic mass is 9.96. The smallest absolute Gasteiger partial charge is 0.305 e. The van der Waals surface area contributed by atoms with Crippen LogP contribution in [0, 0.1) is 0 Å². The van der Waals surface area contributed by atoms with E-state index in [1.54, 1.807) is 23.3 Å². The molecule has 0 bridgehead atoms. The van der Waals surface area contributed by atoms with Crippen molar-refractivity contribution in [1.29, 1.82) is 0 Å². The molecule has 1 unspecified atom stereocenters. The van der Waals surface area contributed by atoms with Gasteiger partial charge in [-0.1, -0.05) is 6.07 Å². The first-order valence-corrected chi connectivity index (χ1v) is 13.8. The van der Waals surface area contributed by atoms with Gasteiger partial charge < -0.3 is 14.9 Å². The molecule has 0 amide bonds. The van der Waals surface area contributed by atoms with Gasteiger partial charge in [-0.25, -0.2) is 0 Å². The predicted octanol–water partition coefficient (Wildman–Crippen LogP) is 4.58. The fourth-order valence-corrected chi connectivity index (χ4v) is 5.18. The molecule has 1 aromatic carbocycles. The van der Waals surface area contributed by atoms with Crippen LogP contribution < -0.4 is 4.74 Å². The first kappa shape index (κ1) is 27.2. The fraction of sp³-hybridized carbons (Fsp3) is 0.400. The first-order chi connectivity index (χ1) is 19.5. The van der Waals surface area contributed by atoms with E-state index in [-0.39, 0.29) is 12.8 Å². The van der Waals surface area contributed by atoms with Crippen LogP contribution in [0.5, 0.6) is 5.75 Å². The molecule has 0 aliphatic heterocycles. The van der Waals surface area contributed by atoms with E-state index < -0.39 is 18.0 Å². The van der Waals surface area contributed by atoms with E-state index >= 15 is 0 Å². The third kappa shape index (κ3) is 6.80. The highest BCUT2D eigenvalue weighted by Gasteiger charge is 2.23. The van der Waals surface area contributed by atoms with Gasteiger partial charge in [-0.15, -0.1) is 0 Å². The van der Waals surface area contributed by atoms with Gasteiger partial charge in [0.2, 0.25) is 0 Å². The molecule has 10 nitrogen and oxygen atoms in total. The van der Waals surface area contributed by atoms with Crippen molar-refractivity contribution in [3.05, 3.63) is 77.3 Å². The number of carbonyl (C=O) groups is 2. The number of nitrogens with zero attached hydrogens (tertiary/aromatic N) is 5. The molecule has 10 heteroatoms. The second-order valence-corrected chi connectivity index (χ2v) is 10.2. The number of aryl methyl sites for hydroxylation is 3.